The third-order valence-electron chi connectivity index (χ3n) is 4.55. The molecule has 7 heteroatoms. The van der Waals surface area contributed by atoms with Crippen molar-refractivity contribution in [1.82, 2.24) is 0 Å². The predicted molar refractivity (Wildman–Crippen MR) is 120 cm³/mol. The molecule has 1 heterocycles. The topological polar surface area (TPSA) is 57.1 Å². The summed E-state index contributed by atoms with van der Waals surface area (Å²) in [5.41, 5.74) is 2.11. The van der Waals surface area contributed by atoms with Crippen LogP contribution < -0.4 is 9.47 Å². The molecule has 1 aliphatic heterocycles. The SMILES string of the molecule is CCOc1cc(/C=C2\N=C(c3ccccc3)OC2=O)cc(Cl)c1OCc1cccc(F)c1. The fourth-order valence-electron chi connectivity index (χ4n) is 3.13. The average Bonchev–Trinajstić information content (AvgIpc) is 3.14. The van der Waals surface area contributed by atoms with Gasteiger partial charge in [0.1, 0.15) is 12.4 Å². The second-order valence-electron chi connectivity index (χ2n) is 6.88. The molecule has 3 aromatic rings. The maximum Gasteiger partial charge on any atom is 0.363 e. The number of carbonyl (C=O) groups is 1. The summed E-state index contributed by atoms with van der Waals surface area (Å²) in [4.78, 5) is 16.6. The van der Waals surface area contributed by atoms with Crippen LogP contribution in [-0.2, 0) is 16.1 Å². The van der Waals surface area contributed by atoms with Gasteiger partial charge in [0.15, 0.2) is 17.2 Å². The van der Waals surface area contributed by atoms with Crippen LogP contribution in [0.4, 0.5) is 4.39 Å². The quantitative estimate of drug-likeness (QED) is 0.336. The van der Waals surface area contributed by atoms with Gasteiger partial charge in [-0.15, -0.1) is 0 Å². The van der Waals surface area contributed by atoms with E-state index in [1.807, 2.05) is 37.3 Å². The fourth-order valence-corrected chi connectivity index (χ4v) is 3.40. The van der Waals surface area contributed by atoms with E-state index >= 15 is 0 Å². The zero-order chi connectivity index (χ0) is 22.5. The lowest BCUT2D eigenvalue weighted by Crippen LogP contribution is -2.05. The van der Waals surface area contributed by atoms with Crippen molar-refractivity contribution < 1.29 is 23.4 Å². The van der Waals surface area contributed by atoms with Crippen LogP contribution in [0, 0.1) is 5.82 Å². The Bertz CT molecular complexity index is 1210. The molecule has 0 aliphatic carbocycles. The van der Waals surface area contributed by atoms with Crippen molar-refractivity contribution in [3.8, 4) is 11.5 Å². The molecule has 0 amide bonds. The van der Waals surface area contributed by atoms with Crippen LogP contribution >= 0.6 is 11.6 Å². The standard InChI is InChI=1S/C25H19ClFNO4/c1-2-30-22-14-17(12-20(26)23(22)31-15-16-7-6-10-19(27)11-16)13-21-25(29)32-24(28-21)18-8-4-3-5-9-18/h3-14H,2,15H2,1H3/b21-13-. The van der Waals surface area contributed by atoms with Gasteiger partial charge in [-0.3, -0.25) is 0 Å². The normalized spacial score (nSPS) is 14.3. The third-order valence-corrected chi connectivity index (χ3v) is 4.83. The second kappa shape index (κ2) is 9.66. The molecule has 0 spiro atoms. The number of nitrogens with zero attached hydrogens (tertiary/aromatic N) is 1. The first-order chi connectivity index (χ1) is 15.5. The van der Waals surface area contributed by atoms with E-state index in [-0.39, 0.29) is 29.0 Å². The second-order valence-corrected chi connectivity index (χ2v) is 7.29. The molecule has 0 aromatic heterocycles. The summed E-state index contributed by atoms with van der Waals surface area (Å²) in [6.45, 7) is 2.33. The zero-order valence-electron chi connectivity index (χ0n) is 17.2. The van der Waals surface area contributed by atoms with Crippen molar-refractivity contribution in [3.63, 3.8) is 0 Å². The smallest absolute Gasteiger partial charge is 0.363 e. The van der Waals surface area contributed by atoms with Gasteiger partial charge in [-0.25, -0.2) is 14.2 Å². The number of hydrogen-bond acceptors (Lipinski definition) is 5. The summed E-state index contributed by atoms with van der Waals surface area (Å²) < 4.78 is 30.2. The van der Waals surface area contributed by atoms with E-state index in [9.17, 15) is 9.18 Å². The Morgan fingerprint density at radius 1 is 1.06 bits per heavy atom. The minimum absolute atomic E-state index is 0.120. The molecule has 162 valence electrons. The van der Waals surface area contributed by atoms with Crippen LogP contribution in [-0.4, -0.2) is 18.5 Å². The Morgan fingerprint density at radius 3 is 2.62 bits per heavy atom. The third kappa shape index (κ3) is 4.98. The number of aliphatic imine (C=N–C) groups is 1. The molecule has 0 saturated carbocycles. The van der Waals surface area contributed by atoms with Gasteiger partial charge in [0.2, 0.25) is 5.90 Å². The number of benzene rings is 3. The molecule has 3 aromatic carbocycles. The molecule has 32 heavy (non-hydrogen) atoms. The lowest BCUT2D eigenvalue weighted by atomic mass is 10.1. The van der Waals surface area contributed by atoms with Crippen molar-refractivity contribution in [2.75, 3.05) is 6.61 Å². The maximum atomic E-state index is 13.4. The maximum absolute atomic E-state index is 13.4. The van der Waals surface area contributed by atoms with Crippen molar-refractivity contribution in [2.45, 2.75) is 13.5 Å². The molecule has 0 N–H and O–H groups in total. The average molecular weight is 452 g/mol. The molecular weight excluding hydrogens is 433 g/mol. The van der Waals surface area contributed by atoms with Crippen molar-refractivity contribution >= 4 is 29.5 Å². The van der Waals surface area contributed by atoms with E-state index in [0.717, 1.165) is 0 Å². The summed E-state index contributed by atoms with van der Waals surface area (Å²) >= 11 is 6.45. The summed E-state index contributed by atoms with van der Waals surface area (Å²) in [5.74, 6) is 0.0877. The summed E-state index contributed by atoms with van der Waals surface area (Å²) in [6.07, 6.45) is 1.57. The molecule has 5 nitrogen and oxygen atoms in total. The molecule has 0 bridgehead atoms. The Balaban J connectivity index is 1.61. The molecule has 4 rings (SSSR count). The van der Waals surface area contributed by atoms with Crippen LogP contribution in [0.2, 0.25) is 5.02 Å². The number of hydrogen-bond donors (Lipinski definition) is 0. The Kier molecular flexibility index (Phi) is 6.52. The van der Waals surface area contributed by atoms with E-state index < -0.39 is 5.97 Å². The van der Waals surface area contributed by atoms with Gasteiger partial charge >= 0.3 is 5.97 Å². The van der Waals surface area contributed by atoms with Crippen molar-refractivity contribution in [2.24, 2.45) is 4.99 Å². The number of carbonyl (C=O) groups excluding carboxylic acids is 1. The van der Waals surface area contributed by atoms with E-state index in [1.165, 1.54) is 12.1 Å². The molecule has 0 atom stereocenters. The van der Waals surface area contributed by atoms with Gasteiger partial charge in [0.05, 0.1) is 11.6 Å². The monoisotopic (exact) mass is 451 g/mol. The molecular formula is C25H19ClFNO4. The number of esters is 1. The highest BCUT2D eigenvalue weighted by Gasteiger charge is 2.24. The van der Waals surface area contributed by atoms with Crippen LogP contribution in [0.3, 0.4) is 0 Å². The van der Waals surface area contributed by atoms with E-state index in [2.05, 4.69) is 4.99 Å². The van der Waals surface area contributed by atoms with E-state index in [4.69, 9.17) is 25.8 Å². The highest BCUT2D eigenvalue weighted by atomic mass is 35.5. The van der Waals surface area contributed by atoms with E-state index in [0.29, 0.717) is 34.8 Å². The molecule has 1 aliphatic rings. The molecule has 0 saturated heterocycles. The van der Waals surface area contributed by atoms with Gasteiger partial charge in [-0.05, 0) is 60.5 Å². The minimum Gasteiger partial charge on any atom is -0.490 e. The minimum atomic E-state index is -0.552. The zero-order valence-corrected chi connectivity index (χ0v) is 17.9. The van der Waals surface area contributed by atoms with Gasteiger partial charge in [-0.2, -0.15) is 0 Å². The van der Waals surface area contributed by atoms with Crippen molar-refractivity contribution in [3.05, 3.63) is 100.0 Å². The summed E-state index contributed by atoms with van der Waals surface area (Å²) in [7, 11) is 0. The number of halogens is 2. The number of ether oxygens (including phenoxy) is 3. The van der Waals surface area contributed by atoms with E-state index in [1.54, 1.807) is 30.3 Å². The van der Waals surface area contributed by atoms with Crippen LogP contribution in [0.15, 0.2) is 77.4 Å². The van der Waals surface area contributed by atoms with Crippen LogP contribution in [0.5, 0.6) is 11.5 Å². The van der Waals surface area contributed by atoms with Crippen LogP contribution in [0.25, 0.3) is 6.08 Å². The number of rotatable bonds is 7. The van der Waals surface area contributed by atoms with Crippen LogP contribution in [0.1, 0.15) is 23.6 Å². The predicted octanol–water partition coefficient (Wildman–Crippen LogP) is 5.80. The largest absolute Gasteiger partial charge is 0.490 e. The number of cyclic esters (lactones) is 1. The van der Waals surface area contributed by atoms with Gasteiger partial charge in [0, 0.05) is 5.56 Å². The van der Waals surface area contributed by atoms with Gasteiger partial charge in [0.25, 0.3) is 0 Å². The van der Waals surface area contributed by atoms with Crippen molar-refractivity contribution in [1.29, 1.82) is 0 Å². The Morgan fingerprint density at radius 2 is 1.88 bits per heavy atom. The lowest BCUT2D eigenvalue weighted by Gasteiger charge is -2.14. The highest BCUT2D eigenvalue weighted by molar-refractivity contribution is 6.32. The molecule has 0 fully saturated rings. The fraction of sp³-hybridized carbons (Fsp3) is 0.120. The Hall–Kier alpha value is -3.64. The first-order valence-electron chi connectivity index (χ1n) is 9.95. The Labute approximate surface area is 189 Å². The van der Waals surface area contributed by atoms with Gasteiger partial charge < -0.3 is 14.2 Å². The van der Waals surface area contributed by atoms with Gasteiger partial charge in [-0.1, -0.05) is 41.9 Å². The first-order valence-corrected chi connectivity index (χ1v) is 10.3. The summed E-state index contributed by atoms with van der Waals surface area (Å²) in [6, 6.07) is 18.6. The first kappa shape index (κ1) is 21.6. The highest BCUT2D eigenvalue weighted by Crippen LogP contribution is 2.38. The molecule has 0 radical (unpaired) electrons. The molecule has 0 unspecified atom stereocenters. The lowest BCUT2D eigenvalue weighted by molar-refractivity contribution is -0.129. The summed E-state index contributed by atoms with van der Waals surface area (Å²) in [5, 5.41) is 0.290.